The van der Waals surface area contributed by atoms with Crippen LogP contribution in [0.1, 0.15) is 17.0 Å². The second-order valence-corrected chi connectivity index (χ2v) is 7.78. The van der Waals surface area contributed by atoms with Gasteiger partial charge in [-0.15, -0.1) is 0 Å². The van der Waals surface area contributed by atoms with E-state index >= 15 is 0 Å². The number of carboxylic acid groups (broad SMARTS) is 1. The van der Waals surface area contributed by atoms with Crippen LogP contribution in [0.15, 0.2) is 84.9 Å². The number of ether oxygens (including phenoxy) is 1. The number of anilines is 1. The fraction of sp³-hybridized carbons (Fsp3) is 0.115. The number of amides is 1. The summed E-state index contributed by atoms with van der Waals surface area (Å²) in [7, 11) is 0. The number of nitrogens with one attached hydrogen (secondary N) is 1. The van der Waals surface area contributed by atoms with Crippen LogP contribution in [0.3, 0.4) is 0 Å². The van der Waals surface area contributed by atoms with E-state index in [2.05, 4.69) is 34.7 Å². The molecule has 2 N–H and O–H groups in total. The topological polar surface area (TPSA) is 93.5 Å². The Balaban J connectivity index is 1.32. The first-order valence-electron chi connectivity index (χ1n) is 10.6. The van der Waals surface area contributed by atoms with Crippen molar-refractivity contribution in [3.63, 3.8) is 0 Å². The monoisotopic (exact) mass is 439 g/mol. The Morgan fingerprint density at radius 2 is 1.52 bits per heavy atom. The molecule has 4 aromatic rings. The van der Waals surface area contributed by atoms with Crippen molar-refractivity contribution in [1.82, 2.24) is 9.78 Å². The molecule has 0 saturated heterocycles. The van der Waals surface area contributed by atoms with Gasteiger partial charge < -0.3 is 9.84 Å². The van der Waals surface area contributed by atoms with Crippen molar-refractivity contribution in [2.75, 3.05) is 11.9 Å². The van der Waals surface area contributed by atoms with Crippen LogP contribution in [0.5, 0.6) is 0 Å². The van der Waals surface area contributed by atoms with Crippen molar-refractivity contribution < 1.29 is 19.4 Å². The normalized spacial score (nSPS) is 12.1. The first-order valence-corrected chi connectivity index (χ1v) is 10.6. The van der Waals surface area contributed by atoms with Gasteiger partial charge in [0.25, 0.3) is 0 Å². The van der Waals surface area contributed by atoms with Gasteiger partial charge in [-0.2, -0.15) is 5.10 Å². The van der Waals surface area contributed by atoms with Crippen LogP contribution in [-0.4, -0.2) is 33.6 Å². The summed E-state index contributed by atoms with van der Waals surface area (Å²) in [6.07, 6.45) is -0.642. The van der Waals surface area contributed by atoms with Gasteiger partial charge in [-0.3, -0.25) is 14.8 Å². The number of fused-ring (bicyclic) bond motifs is 3. The third-order valence-corrected chi connectivity index (χ3v) is 5.71. The molecule has 0 unspecified atom stereocenters. The van der Waals surface area contributed by atoms with Crippen LogP contribution in [-0.2, 0) is 16.1 Å². The van der Waals surface area contributed by atoms with Crippen molar-refractivity contribution in [3.05, 3.63) is 96.1 Å². The van der Waals surface area contributed by atoms with E-state index in [4.69, 9.17) is 4.74 Å². The van der Waals surface area contributed by atoms with Crippen molar-refractivity contribution >= 4 is 17.9 Å². The average Bonchev–Trinajstić information content (AvgIpc) is 3.36. The Bertz CT molecular complexity index is 1280. The van der Waals surface area contributed by atoms with Crippen LogP contribution in [0, 0.1) is 0 Å². The van der Waals surface area contributed by atoms with Gasteiger partial charge in [-0.1, -0.05) is 78.9 Å². The van der Waals surface area contributed by atoms with Crippen molar-refractivity contribution in [2.45, 2.75) is 12.5 Å². The van der Waals surface area contributed by atoms with Crippen molar-refractivity contribution in [2.24, 2.45) is 0 Å². The Morgan fingerprint density at radius 1 is 0.909 bits per heavy atom. The lowest BCUT2D eigenvalue weighted by molar-refractivity contribution is -0.137. The maximum absolute atomic E-state index is 12.6. The second kappa shape index (κ2) is 8.63. The summed E-state index contributed by atoms with van der Waals surface area (Å²) < 4.78 is 6.91. The lowest BCUT2D eigenvalue weighted by Gasteiger charge is -2.14. The number of carbonyl (C=O) groups excluding carboxylic acids is 1. The van der Waals surface area contributed by atoms with E-state index in [0.29, 0.717) is 5.69 Å². The molecule has 7 heteroatoms. The highest BCUT2D eigenvalue weighted by Gasteiger charge is 2.29. The van der Waals surface area contributed by atoms with E-state index in [1.54, 1.807) is 6.07 Å². The quantitative estimate of drug-likeness (QED) is 0.441. The molecule has 1 amide bonds. The van der Waals surface area contributed by atoms with Gasteiger partial charge in [0.2, 0.25) is 0 Å². The van der Waals surface area contributed by atoms with E-state index in [0.717, 1.165) is 27.8 Å². The zero-order valence-electron chi connectivity index (χ0n) is 17.6. The van der Waals surface area contributed by atoms with Crippen LogP contribution in [0.4, 0.5) is 10.6 Å². The number of aromatic nitrogens is 2. The third-order valence-electron chi connectivity index (χ3n) is 5.71. The number of hydrogen-bond donors (Lipinski definition) is 2. The third kappa shape index (κ3) is 4.08. The summed E-state index contributed by atoms with van der Waals surface area (Å²) in [6.45, 7) is -0.141. The molecule has 0 fully saturated rings. The second-order valence-electron chi connectivity index (χ2n) is 7.78. The fourth-order valence-corrected chi connectivity index (χ4v) is 4.31. The molecule has 1 heterocycles. The number of aliphatic carboxylic acids is 1. The first-order chi connectivity index (χ1) is 16.1. The van der Waals surface area contributed by atoms with Gasteiger partial charge in [0.1, 0.15) is 13.2 Å². The van der Waals surface area contributed by atoms with E-state index in [1.807, 2.05) is 54.6 Å². The molecular formula is C26H21N3O4. The number of hydrogen-bond acceptors (Lipinski definition) is 4. The number of nitrogens with zero attached hydrogens (tertiary/aromatic N) is 2. The fourth-order valence-electron chi connectivity index (χ4n) is 4.31. The van der Waals surface area contributed by atoms with E-state index in [1.165, 1.54) is 4.68 Å². The molecule has 5 rings (SSSR count). The van der Waals surface area contributed by atoms with Gasteiger partial charge in [0.05, 0.1) is 5.69 Å². The first kappa shape index (κ1) is 20.5. The van der Waals surface area contributed by atoms with Gasteiger partial charge in [0, 0.05) is 12.0 Å². The van der Waals surface area contributed by atoms with Gasteiger partial charge in [-0.25, -0.2) is 4.79 Å². The van der Waals surface area contributed by atoms with Gasteiger partial charge >= 0.3 is 12.1 Å². The number of carbonyl (C=O) groups is 2. The molecule has 0 saturated carbocycles. The zero-order valence-corrected chi connectivity index (χ0v) is 17.6. The largest absolute Gasteiger partial charge is 0.480 e. The van der Waals surface area contributed by atoms with E-state index in [-0.39, 0.29) is 24.9 Å². The Hall–Kier alpha value is -4.39. The Morgan fingerprint density at radius 3 is 2.15 bits per heavy atom. The Labute approximate surface area is 190 Å². The van der Waals surface area contributed by atoms with Gasteiger partial charge in [-0.05, 0) is 27.8 Å². The average molecular weight is 439 g/mol. The molecule has 0 atom stereocenters. The van der Waals surface area contributed by atoms with Gasteiger partial charge in [0.15, 0.2) is 5.82 Å². The maximum Gasteiger partial charge on any atom is 0.412 e. The van der Waals surface area contributed by atoms with Crippen LogP contribution >= 0.6 is 0 Å². The summed E-state index contributed by atoms with van der Waals surface area (Å²) in [5.41, 5.74) is 5.95. The predicted octanol–water partition coefficient (Wildman–Crippen LogP) is 5.00. The summed E-state index contributed by atoms with van der Waals surface area (Å²) >= 11 is 0. The van der Waals surface area contributed by atoms with Crippen LogP contribution in [0.2, 0.25) is 0 Å². The zero-order chi connectivity index (χ0) is 22.8. The van der Waals surface area contributed by atoms with Crippen LogP contribution in [0.25, 0.3) is 22.4 Å². The summed E-state index contributed by atoms with van der Waals surface area (Å²) in [6, 6.07) is 27.2. The predicted molar refractivity (Wildman–Crippen MR) is 124 cm³/mol. The van der Waals surface area contributed by atoms with E-state index in [9.17, 15) is 14.7 Å². The smallest absolute Gasteiger partial charge is 0.412 e. The van der Waals surface area contributed by atoms with E-state index < -0.39 is 12.1 Å². The molecule has 0 bridgehead atoms. The molecule has 164 valence electrons. The molecule has 3 aromatic carbocycles. The van der Waals surface area contributed by atoms with Crippen molar-refractivity contribution in [1.29, 1.82) is 0 Å². The highest BCUT2D eigenvalue weighted by Crippen LogP contribution is 2.44. The lowest BCUT2D eigenvalue weighted by atomic mass is 9.98. The summed E-state index contributed by atoms with van der Waals surface area (Å²) in [4.78, 5) is 23.8. The minimum Gasteiger partial charge on any atom is -0.480 e. The minimum absolute atomic E-state index is 0.0485. The lowest BCUT2D eigenvalue weighted by Crippen LogP contribution is -2.18. The molecule has 0 radical (unpaired) electrons. The number of rotatable bonds is 6. The molecule has 0 spiro atoms. The molecule has 33 heavy (non-hydrogen) atoms. The van der Waals surface area contributed by atoms with Crippen LogP contribution < -0.4 is 5.32 Å². The molecule has 0 aliphatic heterocycles. The number of benzene rings is 3. The SMILES string of the molecule is O=C(O)Cn1nc(NC(=O)OCC2c3ccccc3-c3ccccc32)cc1-c1ccccc1. The number of carboxylic acids is 1. The molecular weight excluding hydrogens is 418 g/mol. The van der Waals surface area contributed by atoms with Crippen molar-refractivity contribution in [3.8, 4) is 22.4 Å². The maximum atomic E-state index is 12.6. The molecule has 1 aliphatic rings. The highest BCUT2D eigenvalue weighted by atomic mass is 16.5. The molecule has 1 aromatic heterocycles. The summed E-state index contributed by atoms with van der Waals surface area (Å²) in [5.74, 6) is -0.845. The summed E-state index contributed by atoms with van der Waals surface area (Å²) in [5, 5.41) is 16.1. The Kier molecular flexibility index (Phi) is 5.36. The molecule has 7 nitrogen and oxygen atoms in total. The molecule has 1 aliphatic carbocycles. The highest BCUT2D eigenvalue weighted by molar-refractivity contribution is 5.85. The minimum atomic E-state index is -1.03. The standard InChI is InChI=1S/C26H21N3O4/c30-25(31)15-29-23(17-8-2-1-3-9-17)14-24(28-29)27-26(32)33-16-22-20-12-6-4-10-18(20)19-11-5-7-13-21(19)22/h1-14,22H,15-16H2,(H,30,31)(H,27,28,32).